The summed E-state index contributed by atoms with van der Waals surface area (Å²) in [5, 5.41) is 10.5. The molecule has 0 saturated heterocycles. The lowest BCUT2D eigenvalue weighted by Gasteiger charge is -2.07. The number of aryl methyl sites for hydroxylation is 1. The number of nitro groups is 1. The first-order chi connectivity index (χ1) is 6.07. The summed E-state index contributed by atoms with van der Waals surface area (Å²) >= 11 is 0. The summed E-state index contributed by atoms with van der Waals surface area (Å²) in [6.07, 6.45) is 1.43. The van der Waals surface area contributed by atoms with E-state index in [0.717, 1.165) is 0 Å². The van der Waals surface area contributed by atoms with Gasteiger partial charge in [-0.1, -0.05) is 6.92 Å². The van der Waals surface area contributed by atoms with Crippen LogP contribution in [-0.2, 0) is 7.05 Å². The minimum atomic E-state index is -0.485. The van der Waals surface area contributed by atoms with Gasteiger partial charge in [-0.05, 0) is 9.91 Å². The van der Waals surface area contributed by atoms with Crippen LogP contribution in [-0.4, -0.2) is 21.0 Å². The maximum atomic E-state index is 10.5. The fourth-order valence-corrected chi connectivity index (χ4v) is 1.25. The van der Waals surface area contributed by atoms with Gasteiger partial charge in [0.25, 0.3) is 0 Å². The smallest absolute Gasteiger partial charge is 0.358 e. The number of nitrogens with zero attached hydrogens (tertiary/aromatic N) is 3. The van der Waals surface area contributed by atoms with Crippen LogP contribution in [0.1, 0.15) is 18.5 Å². The maximum Gasteiger partial charge on any atom is 0.385 e. The molecule has 1 unspecified atom stereocenters. The summed E-state index contributed by atoms with van der Waals surface area (Å²) in [6, 6.07) is 0. The quantitative estimate of drug-likeness (QED) is 0.543. The normalized spacial score (nSPS) is 12.8. The number of nitrogens with two attached hydrogens (primary N) is 1. The molecule has 1 aromatic heterocycles. The number of hydrogen-bond acceptors (Lipinski definition) is 4. The summed E-state index contributed by atoms with van der Waals surface area (Å²) in [4.78, 5) is 13.8. The second-order valence-electron chi connectivity index (χ2n) is 2.96. The molecule has 0 aliphatic rings. The lowest BCUT2D eigenvalue weighted by molar-refractivity contribution is -0.390. The van der Waals surface area contributed by atoms with Crippen LogP contribution in [0.25, 0.3) is 0 Å². The zero-order valence-electron chi connectivity index (χ0n) is 7.60. The Labute approximate surface area is 75.5 Å². The fraction of sp³-hybridized carbons (Fsp3) is 0.571. The van der Waals surface area contributed by atoms with Crippen LogP contribution >= 0.6 is 0 Å². The molecule has 13 heavy (non-hydrogen) atoms. The molecule has 2 N–H and O–H groups in total. The molecule has 1 atom stereocenters. The zero-order valence-corrected chi connectivity index (χ0v) is 7.60. The van der Waals surface area contributed by atoms with Gasteiger partial charge in [0.1, 0.15) is 5.69 Å². The highest BCUT2D eigenvalue weighted by Gasteiger charge is 2.23. The first kappa shape index (κ1) is 9.66. The van der Waals surface area contributed by atoms with Crippen LogP contribution in [0.2, 0.25) is 0 Å². The maximum absolute atomic E-state index is 10.5. The molecule has 6 nitrogen and oxygen atoms in total. The Hall–Kier alpha value is -1.43. The third-order valence-electron chi connectivity index (χ3n) is 1.96. The van der Waals surface area contributed by atoms with Crippen LogP contribution in [0.3, 0.4) is 0 Å². The van der Waals surface area contributed by atoms with Crippen molar-refractivity contribution < 1.29 is 4.92 Å². The van der Waals surface area contributed by atoms with Gasteiger partial charge in [0.2, 0.25) is 6.33 Å². The molecule has 1 rings (SSSR count). The Morgan fingerprint density at radius 1 is 1.85 bits per heavy atom. The molecule has 1 heterocycles. The molecule has 0 spiro atoms. The molecule has 6 heteroatoms. The van der Waals surface area contributed by atoms with Gasteiger partial charge in [0.05, 0.1) is 0 Å². The second-order valence-corrected chi connectivity index (χ2v) is 2.96. The highest BCUT2D eigenvalue weighted by Crippen LogP contribution is 2.23. The lowest BCUT2D eigenvalue weighted by Crippen LogP contribution is -2.13. The molecule has 1 aromatic rings. The largest absolute Gasteiger partial charge is 0.385 e. The number of aromatic nitrogens is 2. The molecular formula is C7H12N4O2. The first-order valence-electron chi connectivity index (χ1n) is 3.93. The van der Waals surface area contributed by atoms with E-state index >= 15 is 0 Å². The second kappa shape index (κ2) is 3.53. The number of rotatable bonds is 3. The van der Waals surface area contributed by atoms with Gasteiger partial charge in [-0.3, -0.25) is 0 Å². The lowest BCUT2D eigenvalue weighted by atomic mass is 10.1. The van der Waals surface area contributed by atoms with Gasteiger partial charge >= 0.3 is 5.82 Å². The molecule has 0 amide bonds. The first-order valence-corrected chi connectivity index (χ1v) is 3.93. The van der Waals surface area contributed by atoms with E-state index in [1.54, 1.807) is 11.6 Å². The molecule has 0 fully saturated rings. The summed E-state index contributed by atoms with van der Waals surface area (Å²) in [6.45, 7) is 2.21. The van der Waals surface area contributed by atoms with Crippen LogP contribution in [0, 0.1) is 10.1 Å². The molecule has 0 aromatic carbocycles. The third kappa shape index (κ3) is 1.67. The summed E-state index contributed by atoms with van der Waals surface area (Å²) in [7, 11) is 1.72. The van der Waals surface area contributed by atoms with Crippen molar-refractivity contribution in [1.82, 2.24) is 9.55 Å². The predicted octanol–water partition coefficient (Wildman–Crippen LogP) is 0.390. The fourth-order valence-electron chi connectivity index (χ4n) is 1.25. The SMILES string of the molecule is CC(CN)c1c([N+](=O)[O-])ncn1C. The number of hydrogen-bond donors (Lipinski definition) is 1. The van der Waals surface area contributed by atoms with Crippen molar-refractivity contribution >= 4 is 5.82 Å². The summed E-state index contributed by atoms with van der Waals surface area (Å²) in [5.41, 5.74) is 6.01. The monoisotopic (exact) mass is 184 g/mol. The van der Waals surface area contributed by atoms with E-state index in [1.165, 1.54) is 6.33 Å². The molecule has 0 bridgehead atoms. The minimum Gasteiger partial charge on any atom is -0.358 e. The Balaban J connectivity index is 3.15. The highest BCUT2D eigenvalue weighted by atomic mass is 16.6. The van der Waals surface area contributed by atoms with Crippen molar-refractivity contribution in [3.05, 3.63) is 22.1 Å². The van der Waals surface area contributed by atoms with Crippen molar-refractivity contribution in [1.29, 1.82) is 0 Å². The van der Waals surface area contributed by atoms with Crippen LogP contribution in [0.15, 0.2) is 6.33 Å². The topological polar surface area (TPSA) is 87.0 Å². The van der Waals surface area contributed by atoms with E-state index in [0.29, 0.717) is 12.2 Å². The number of imidazole rings is 1. The molecule has 0 aliphatic heterocycles. The van der Waals surface area contributed by atoms with Gasteiger partial charge in [0.15, 0.2) is 0 Å². The van der Waals surface area contributed by atoms with Crippen LogP contribution < -0.4 is 5.73 Å². The van der Waals surface area contributed by atoms with E-state index in [9.17, 15) is 10.1 Å². The van der Waals surface area contributed by atoms with Gasteiger partial charge in [-0.15, -0.1) is 0 Å². The van der Waals surface area contributed by atoms with Crippen molar-refractivity contribution in [2.45, 2.75) is 12.8 Å². The van der Waals surface area contributed by atoms with Gasteiger partial charge < -0.3 is 20.4 Å². The van der Waals surface area contributed by atoms with E-state index in [-0.39, 0.29) is 11.7 Å². The molecule has 0 radical (unpaired) electrons. The van der Waals surface area contributed by atoms with Gasteiger partial charge in [-0.25, -0.2) is 0 Å². The summed E-state index contributed by atoms with van der Waals surface area (Å²) < 4.78 is 1.63. The van der Waals surface area contributed by atoms with Crippen molar-refractivity contribution in [2.24, 2.45) is 12.8 Å². The Morgan fingerprint density at radius 2 is 2.46 bits per heavy atom. The average Bonchev–Trinajstić information content (AvgIpc) is 2.46. The van der Waals surface area contributed by atoms with E-state index in [1.807, 2.05) is 6.92 Å². The Bertz CT molecular complexity index is 320. The Kier molecular flexibility index (Phi) is 2.62. The standard InChI is InChI=1S/C7H12N4O2/c1-5(3-8)6-7(11(12)13)9-4-10(6)2/h4-5H,3,8H2,1-2H3. The summed E-state index contributed by atoms with van der Waals surface area (Å²) in [5.74, 6) is -0.145. The zero-order chi connectivity index (χ0) is 10.0. The highest BCUT2D eigenvalue weighted by molar-refractivity contribution is 5.30. The van der Waals surface area contributed by atoms with E-state index in [4.69, 9.17) is 5.73 Å². The van der Waals surface area contributed by atoms with Crippen LogP contribution in [0.5, 0.6) is 0 Å². The van der Waals surface area contributed by atoms with Crippen molar-refractivity contribution in [2.75, 3.05) is 6.54 Å². The molecule has 0 aliphatic carbocycles. The average molecular weight is 184 g/mol. The van der Waals surface area contributed by atoms with Crippen LogP contribution in [0.4, 0.5) is 5.82 Å². The van der Waals surface area contributed by atoms with Crippen molar-refractivity contribution in [3.63, 3.8) is 0 Å². The van der Waals surface area contributed by atoms with E-state index < -0.39 is 4.92 Å². The molecular weight excluding hydrogens is 172 g/mol. The predicted molar refractivity (Wildman–Crippen MR) is 47.3 cm³/mol. The molecule has 0 saturated carbocycles. The third-order valence-corrected chi connectivity index (χ3v) is 1.96. The van der Waals surface area contributed by atoms with Gasteiger partial charge in [-0.2, -0.15) is 0 Å². The minimum absolute atomic E-state index is 0.0482. The molecule has 72 valence electrons. The van der Waals surface area contributed by atoms with Crippen molar-refractivity contribution in [3.8, 4) is 0 Å². The van der Waals surface area contributed by atoms with Gasteiger partial charge in [0, 0.05) is 19.5 Å². The van der Waals surface area contributed by atoms with E-state index in [2.05, 4.69) is 4.98 Å². The Morgan fingerprint density at radius 3 is 2.92 bits per heavy atom.